The number of furan rings is 1. The molecule has 4 nitrogen and oxygen atoms in total. The molecule has 1 N–H and O–H groups in total. The van der Waals surface area contributed by atoms with Gasteiger partial charge >= 0.3 is 0 Å². The van der Waals surface area contributed by atoms with E-state index in [1.165, 1.54) is 28.0 Å². The first kappa shape index (κ1) is 20.1. The van der Waals surface area contributed by atoms with Gasteiger partial charge in [0.25, 0.3) is 0 Å². The number of hydrogen-bond acceptors (Lipinski definition) is 4. The molecule has 0 aliphatic carbocycles. The van der Waals surface area contributed by atoms with Gasteiger partial charge in [0.15, 0.2) is 5.13 Å². The highest BCUT2D eigenvalue weighted by molar-refractivity contribution is 7.15. The number of benzene rings is 2. The minimum absolute atomic E-state index is 0.0560. The van der Waals surface area contributed by atoms with Crippen LogP contribution in [-0.4, -0.2) is 10.9 Å². The number of aryl methyl sites for hydroxylation is 3. The van der Waals surface area contributed by atoms with Gasteiger partial charge in [0.05, 0.1) is 0 Å². The summed E-state index contributed by atoms with van der Waals surface area (Å²) in [4.78, 5) is 17.8. The molecular formula is C25H24N2O2S. The highest BCUT2D eigenvalue weighted by Gasteiger charge is 2.10. The molecule has 4 rings (SSSR count). The molecule has 2 heterocycles. The van der Waals surface area contributed by atoms with Crippen molar-refractivity contribution in [1.29, 1.82) is 0 Å². The van der Waals surface area contributed by atoms with Gasteiger partial charge in [-0.25, -0.2) is 4.98 Å². The summed E-state index contributed by atoms with van der Waals surface area (Å²) in [6, 6.07) is 20.6. The van der Waals surface area contributed by atoms with Crippen LogP contribution >= 0.6 is 11.3 Å². The molecule has 0 bridgehead atoms. The Bertz CT molecular complexity index is 1120. The molecule has 0 atom stereocenters. The monoisotopic (exact) mass is 416 g/mol. The largest absolute Gasteiger partial charge is 0.461 e. The number of nitrogens with zero attached hydrogens (tertiary/aromatic N) is 1. The van der Waals surface area contributed by atoms with E-state index in [0.717, 1.165) is 28.4 Å². The maximum absolute atomic E-state index is 12.3. The van der Waals surface area contributed by atoms with E-state index >= 15 is 0 Å². The van der Waals surface area contributed by atoms with Gasteiger partial charge in [-0.3, -0.25) is 4.79 Å². The third kappa shape index (κ3) is 5.24. The molecule has 0 spiro atoms. The number of aromatic nitrogens is 1. The van der Waals surface area contributed by atoms with Crippen LogP contribution < -0.4 is 5.32 Å². The third-order valence-corrected chi connectivity index (χ3v) is 5.81. The minimum atomic E-state index is -0.0560. The molecule has 0 unspecified atom stereocenters. The summed E-state index contributed by atoms with van der Waals surface area (Å²) in [6.45, 7) is 4.14. The number of anilines is 1. The van der Waals surface area contributed by atoms with Crippen molar-refractivity contribution in [2.24, 2.45) is 0 Å². The Kier molecular flexibility index (Phi) is 6.10. The van der Waals surface area contributed by atoms with Crippen LogP contribution in [0.15, 0.2) is 71.3 Å². The van der Waals surface area contributed by atoms with Crippen LogP contribution in [0.3, 0.4) is 0 Å². The molecule has 1 amide bonds. The van der Waals surface area contributed by atoms with Crippen molar-refractivity contribution >= 4 is 22.4 Å². The van der Waals surface area contributed by atoms with Gasteiger partial charge in [-0.1, -0.05) is 59.7 Å². The predicted molar refractivity (Wildman–Crippen MR) is 122 cm³/mol. The van der Waals surface area contributed by atoms with E-state index < -0.39 is 0 Å². The molecule has 5 heteroatoms. The van der Waals surface area contributed by atoms with Crippen molar-refractivity contribution in [3.8, 4) is 11.3 Å². The molecule has 0 fully saturated rings. The number of carbonyl (C=O) groups is 1. The van der Waals surface area contributed by atoms with E-state index in [9.17, 15) is 4.79 Å². The first-order valence-corrected chi connectivity index (χ1v) is 10.8. The van der Waals surface area contributed by atoms with Gasteiger partial charge in [-0.15, -0.1) is 11.3 Å². The van der Waals surface area contributed by atoms with Crippen LogP contribution in [0.1, 0.15) is 33.7 Å². The van der Waals surface area contributed by atoms with E-state index in [4.69, 9.17) is 4.42 Å². The second-order valence-electron chi connectivity index (χ2n) is 7.47. The Labute approximate surface area is 180 Å². The summed E-state index contributed by atoms with van der Waals surface area (Å²) >= 11 is 1.52. The van der Waals surface area contributed by atoms with Crippen molar-refractivity contribution in [2.45, 2.75) is 33.1 Å². The highest BCUT2D eigenvalue weighted by atomic mass is 32.1. The van der Waals surface area contributed by atoms with Gasteiger partial charge in [0, 0.05) is 35.9 Å². The molecule has 2 aromatic carbocycles. The summed E-state index contributed by atoms with van der Waals surface area (Å²) in [5.74, 6) is 1.57. The zero-order chi connectivity index (χ0) is 20.9. The van der Waals surface area contributed by atoms with Gasteiger partial charge < -0.3 is 9.73 Å². The van der Waals surface area contributed by atoms with Crippen LogP contribution in [-0.2, 0) is 17.6 Å². The molecule has 4 aromatic rings. The summed E-state index contributed by atoms with van der Waals surface area (Å²) in [5.41, 5.74) is 4.74. The Morgan fingerprint density at radius 2 is 1.67 bits per heavy atom. The molecule has 0 aliphatic heterocycles. The van der Waals surface area contributed by atoms with E-state index in [1.54, 1.807) is 0 Å². The lowest BCUT2D eigenvalue weighted by Gasteiger charge is -2.01. The Morgan fingerprint density at radius 3 is 2.40 bits per heavy atom. The number of nitrogens with one attached hydrogen (secondary N) is 1. The summed E-state index contributed by atoms with van der Waals surface area (Å²) < 4.78 is 5.90. The highest BCUT2D eigenvalue weighted by Crippen LogP contribution is 2.24. The number of rotatable bonds is 7. The van der Waals surface area contributed by atoms with Crippen LogP contribution in [0.25, 0.3) is 11.3 Å². The van der Waals surface area contributed by atoms with Crippen molar-refractivity contribution in [3.05, 3.63) is 94.2 Å². The van der Waals surface area contributed by atoms with Crippen molar-refractivity contribution in [2.75, 3.05) is 5.32 Å². The van der Waals surface area contributed by atoms with Crippen molar-refractivity contribution in [1.82, 2.24) is 4.98 Å². The van der Waals surface area contributed by atoms with Gasteiger partial charge in [0.2, 0.25) is 5.91 Å². The smallest absolute Gasteiger partial charge is 0.226 e. The zero-order valence-electron chi connectivity index (χ0n) is 17.1. The lowest BCUT2D eigenvalue weighted by Crippen LogP contribution is -2.11. The number of amides is 1. The van der Waals surface area contributed by atoms with Crippen LogP contribution in [0.5, 0.6) is 0 Å². The van der Waals surface area contributed by atoms with Crippen molar-refractivity contribution < 1.29 is 9.21 Å². The number of hydrogen-bond donors (Lipinski definition) is 1. The van der Waals surface area contributed by atoms with Gasteiger partial charge in [-0.05, 0) is 31.5 Å². The number of thiazole rings is 1. The Morgan fingerprint density at radius 1 is 0.967 bits per heavy atom. The fourth-order valence-corrected chi connectivity index (χ4v) is 4.02. The first-order valence-electron chi connectivity index (χ1n) is 10.0. The predicted octanol–water partition coefficient (Wildman–Crippen LogP) is 6.18. The van der Waals surface area contributed by atoms with Crippen LogP contribution in [0, 0.1) is 13.8 Å². The molecule has 0 aliphatic rings. The molecule has 0 saturated heterocycles. The quantitative estimate of drug-likeness (QED) is 0.391. The van der Waals surface area contributed by atoms with Gasteiger partial charge in [-0.2, -0.15) is 0 Å². The lowest BCUT2D eigenvalue weighted by atomic mass is 10.1. The maximum Gasteiger partial charge on any atom is 0.226 e. The molecule has 2 aromatic heterocycles. The Balaban J connectivity index is 1.28. The van der Waals surface area contributed by atoms with Gasteiger partial charge in [0.1, 0.15) is 11.5 Å². The second-order valence-corrected chi connectivity index (χ2v) is 8.59. The lowest BCUT2D eigenvalue weighted by molar-refractivity contribution is -0.116. The molecule has 30 heavy (non-hydrogen) atoms. The average Bonchev–Trinajstić information content (AvgIpc) is 3.38. The number of carbonyl (C=O) groups excluding carboxylic acids is 1. The molecule has 0 saturated carbocycles. The maximum atomic E-state index is 12.3. The topological polar surface area (TPSA) is 55.1 Å². The van der Waals surface area contributed by atoms with E-state index in [-0.39, 0.29) is 5.91 Å². The van der Waals surface area contributed by atoms with E-state index in [0.29, 0.717) is 18.0 Å². The standard InChI is InChI=1S/C25H24N2O2S/c1-17-3-7-19(8-4-17)15-22-16-26-25(30-22)27-24(28)14-12-21-11-13-23(29-21)20-9-5-18(2)6-10-20/h3-11,13,16H,12,14-15H2,1-2H3,(H,26,27,28). The molecule has 152 valence electrons. The van der Waals surface area contributed by atoms with Crippen molar-refractivity contribution in [3.63, 3.8) is 0 Å². The first-order chi connectivity index (χ1) is 14.5. The normalized spacial score (nSPS) is 10.9. The zero-order valence-corrected chi connectivity index (χ0v) is 18.0. The Hall–Kier alpha value is -3.18. The van der Waals surface area contributed by atoms with Crippen LogP contribution in [0.2, 0.25) is 0 Å². The van der Waals surface area contributed by atoms with E-state index in [2.05, 4.69) is 60.5 Å². The second kappa shape index (κ2) is 9.09. The third-order valence-electron chi connectivity index (χ3n) is 4.90. The molecular weight excluding hydrogens is 392 g/mol. The van der Waals surface area contributed by atoms with Crippen LogP contribution in [0.4, 0.5) is 5.13 Å². The summed E-state index contributed by atoms with van der Waals surface area (Å²) in [5, 5.41) is 3.54. The minimum Gasteiger partial charge on any atom is -0.461 e. The fraction of sp³-hybridized carbons (Fsp3) is 0.200. The summed E-state index contributed by atoms with van der Waals surface area (Å²) in [7, 11) is 0. The average molecular weight is 417 g/mol. The summed E-state index contributed by atoms with van der Waals surface area (Å²) in [6.07, 6.45) is 3.57. The fourth-order valence-electron chi connectivity index (χ4n) is 3.16. The van der Waals surface area contributed by atoms with E-state index in [1.807, 2.05) is 30.5 Å². The molecule has 0 radical (unpaired) electrons. The SMILES string of the molecule is Cc1ccc(Cc2cnc(NC(=O)CCc3ccc(-c4ccc(C)cc4)o3)s2)cc1.